The van der Waals surface area contributed by atoms with E-state index in [1.165, 1.54) is 0 Å². The van der Waals surface area contributed by atoms with E-state index >= 15 is 0 Å². The van der Waals surface area contributed by atoms with Gasteiger partial charge in [-0.1, -0.05) is 29.8 Å². The molecule has 0 fully saturated rings. The van der Waals surface area contributed by atoms with Gasteiger partial charge >= 0.3 is 6.09 Å². The number of amides is 2. The molecule has 6 heteroatoms. The maximum Gasteiger partial charge on any atom is 0.405 e. The first-order valence-corrected chi connectivity index (χ1v) is 7.74. The van der Waals surface area contributed by atoms with Crippen LogP contribution in [0, 0.1) is 5.92 Å². The molecule has 0 saturated carbocycles. The highest BCUT2D eigenvalue weighted by Gasteiger charge is 2.40. The zero-order valence-corrected chi connectivity index (χ0v) is 13.8. The van der Waals surface area contributed by atoms with Crippen molar-refractivity contribution in [2.24, 2.45) is 5.92 Å². The summed E-state index contributed by atoms with van der Waals surface area (Å²) in [6.07, 6.45) is -0.280. The normalized spacial score (nSPS) is 24.4. The van der Waals surface area contributed by atoms with Crippen molar-refractivity contribution >= 4 is 33.6 Å². The van der Waals surface area contributed by atoms with Crippen LogP contribution in [0.2, 0.25) is 0 Å². The van der Waals surface area contributed by atoms with Crippen LogP contribution in [0.25, 0.3) is 0 Å². The van der Waals surface area contributed by atoms with Gasteiger partial charge in [-0.2, -0.15) is 0 Å². The first-order chi connectivity index (χ1) is 9.86. The molecule has 0 radical (unpaired) electrons. The van der Waals surface area contributed by atoms with Gasteiger partial charge in [0.2, 0.25) is 5.91 Å². The van der Waals surface area contributed by atoms with Crippen LogP contribution in [0.4, 0.5) is 10.5 Å². The Bertz CT molecular complexity index is 576. The second-order valence-corrected chi connectivity index (χ2v) is 6.27. The van der Waals surface area contributed by atoms with Gasteiger partial charge in [0.05, 0.1) is 6.04 Å². The van der Waals surface area contributed by atoms with Crippen molar-refractivity contribution in [3.05, 3.63) is 28.2 Å². The summed E-state index contributed by atoms with van der Waals surface area (Å²) in [5.74, 6) is -0.0251. The van der Waals surface area contributed by atoms with E-state index in [0.29, 0.717) is 0 Å². The Labute approximate surface area is 132 Å². The minimum atomic E-state index is -1.05. The lowest BCUT2D eigenvalue weighted by Crippen LogP contribution is -2.51. The fourth-order valence-electron chi connectivity index (χ4n) is 3.21. The molecule has 5 nitrogen and oxygen atoms in total. The number of rotatable bonds is 2. The van der Waals surface area contributed by atoms with Gasteiger partial charge in [0.1, 0.15) is 0 Å². The quantitative estimate of drug-likeness (QED) is 0.853. The number of fused-ring (bicyclic) bond motifs is 1. The predicted octanol–water partition coefficient (Wildman–Crippen LogP) is 3.54. The van der Waals surface area contributed by atoms with Crippen molar-refractivity contribution in [2.75, 3.05) is 4.90 Å². The van der Waals surface area contributed by atoms with Crippen LogP contribution in [0.3, 0.4) is 0 Å². The second-order valence-electron chi connectivity index (χ2n) is 5.35. The Morgan fingerprint density at radius 1 is 1.43 bits per heavy atom. The number of carbonyl (C=O) groups is 2. The summed E-state index contributed by atoms with van der Waals surface area (Å²) >= 11 is 3.41. The molecule has 2 rings (SSSR count). The van der Waals surface area contributed by atoms with E-state index in [2.05, 4.69) is 21.2 Å². The molecule has 0 spiro atoms. The van der Waals surface area contributed by atoms with Crippen molar-refractivity contribution in [3.8, 4) is 0 Å². The largest absolute Gasteiger partial charge is 0.465 e. The van der Waals surface area contributed by atoms with E-state index in [1.54, 1.807) is 11.8 Å². The van der Waals surface area contributed by atoms with Crippen LogP contribution in [-0.2, 0) is 4.79 Å². The van der Waals surface area contributed by atoms with Gasteiger partial charge in [-0.05, 0) is 30.2 Å². The van der Waals surface area contributed by atoms with E-state index in [9.17, 15) is 9.59 Å². The molecule has 0 aromatic heterocycles. The monoisotopic (exact) mass is 354 g/mol. The number of anilines is 1. The molecular weight excluding hydrogens is 336 g/mol. The van der Waals surface area contributed by atoms with Crippen LogP contribution in [0.1, 0.15) is 38.8 Å². The summed E-state index contributed by atoms with van der Waals surface area (Å²) in [5, 5.41) is 11.7. The Kier molecular flexibility index (Phi) is 4.56. The summed E-state index contributed by atoms with van der Waals surface area (Å²) in [4.78, 5) is 25.0. The van der Waals surface area contributed by atoms with Crippen molar-refractivity contribution in [3.63, 3.8) is 0 Å². The fraction of sp³-hybridized carbons (Fsp3) is 0.467. The molecule has 114 valence electrons. The molecule has 1 aromatic carbocycles. The van der Waals surface area contributed by atoms with Gasteiger partial charge in [-0.15, -0.1) is 0 Å². The molecule has 2 N–H and O–H groups in total. The summed E-state index contributed by atoms with van der Waals surface area (Å²) < 4.78 is 0.865. The Morgan fingerprint density at radius 2 is 2.10 bits per heavy atom. The first kappa shape index (κ1) is 15.8. The van der Waals surface area contributed by atoms with Gasteiger partial charge in [-0.3, -0.25) is 4.79 Å². The molecule has 1 aromatic rings. The number of hydrogen-bond acceptors (Lipinski definition) is 2. The standard InChI is InChI=1S/C15H19BrN2O3/c1-4-12-8(2)14(17-15(20)21)11-7-10(16)5-6-13(11)18(12)9(3)19/h5-8,12,14,17H,4H2,1-3H3,(H,20,21)/t8-,12-,14+/m0/s1. The number of hydrogen-bond donors (Lipinski definition) is 2. The first-order valence-electron chi connectivity index (χ1n) is 6.95. The maximum atomic E-state index is 12.1. The van der Waals surface area contributed by atoms with Crippen LogP contribution in [-0.4, -0.2) is 23.1 Å². The molecule has 1 heterocycles. The average Bonchev–Trinajstić information content (AvgIpc) is 2.40. The smallest absolute Gasteiger partial charge is 0.405 e. The van der Waals surface area contributed by atoms with Crippen molar-refractivity contribution in [1.82, 2.24) is 5.32 Å². The van der Waals surface area contributed by atoms with E-state index in [-0.39, 0.29) is 23.9 Å². The molecule has 0 bridgehead atoms. The third kappa shape index (κ3) is 2.90. The summed E-state index contributed by atoms with van der Waals surface area (Å²) in [6.45, 7) is 5.54. The van der Waals surface area contributed by atoms with Crippen molar-refractivity contribution in [2.45, 2.75) is 39.3 Å². The van der Waals surface area contributed by atoms with E-state index in [1.807, 2.05) is 32.0 Å². The third-order valence-corrected chi connectivity index (χ3v) is 4.58. The fourth-order valence-corrected chi connectivity index (χ4v) is 3.59. The number of benzene rings is 1. The highest BCUT2D eigenvalue weighted by atomic mass is 79.9. The SMILES string of the molecule is CC[C@H]1[C@H](C)[C@@H](NC(=O)O)c2cc(Br)ccc2N1C(C)=O. The lowest BCUT2D eigenvalue weighted by molar-refractivity contribution is -0.117. The molecule has 2 amide bonds. The van der Waals surface area contributed by atoms with Gasteiger partial charge in [0.25, 0.3) is 0 Å². The molecule has 1 aliphatic rings. The number of carboxylic acid groups (broad SMARTS) is 1. The number of carbonyl (C=O) groups excluding carboxylic acids is 1. The number of nitrogens with one attached hydrogen (secondary N) is 1. The van der Waals surface area contributed by atoms with Crippen LogP contribution in [0.5, 0.6) is 0 Å². The molecule has 1 aliphatic heterocycles. The zero-order chi connectivity index (χ0) is 15.7. The minimum absolute atomic E-state index is 0.00296. The highest BCUT2D eigenvalue weighted by molar-refractivity contribution is 9.10. The molecule has 0 unspecified atom stereocenters. The minimum Gasteiger partial charge on any atom is -0.465 e. The third-order valence-electron chi connectivity index (χ3n) is 4.09. The summed E-state index contributed by atoms with van der Waals surface area (Å²) in [7, 11) is 0. The van der Waals surface area contributed by atoms with Gasteiger partial charge in [0.15, 0.2) is 0 Å². The summed E-state index contributed by atoms with van der Waals surface area (Å²) in [5.41, 5.74) is 1.62. The van der Waals surface area contributed by atoms with Crippen LogP contribution < -0.4 is 10.2 Å². The maximum absolute atomic E-state index is 12.1. The predicted molar refractivity (Wildman–Crippen MR) is 84.4 cm³/mol. The molecular formula is C15H19BrN2O3. The van der Waals surface area contributed by atoms with Gasteiger partial charge in [0, 0.05) is 29.0 Å². The average molecular weight is 355 g/mol. The lowest BCUT2D eigenvalue weighted by atomic mass is 9.81. The Balaban J connectivity index is 2.60. The lowest BCUT2D eigenvalue weighted by Gasteiger charge is -2.44. The highest BCUT2D eigenvalue weighted by Crippen LogP contribution is 2.42. The molecule has 0 saturated heterocycles. The van der Waals surface area contributed by atoms with Crippen molar-refractivity contribution in [1.29, 1.82) is 0 Å². The molecule has 21 heavy (non-hydrogen) atoms. The molecule has 0 aliphatic carbocycles. The second kappa shape index (κ2) is 6.05. The number of nitrogens with zero attached hydrogens (tertiary/aromatic N) is 1. The van der Waals surface area contributed by atoms with Crippen molar-refractivity contribution < 1.29 is 14.7 Å². The Morgan fingerprint density at radius 3 is 2.62 bits per heavy atom. The van der Waals surface area contributed by atoms with Gasteiger partial charge in [-0.25, -0.2) is 4.79 Å². The zero-order valence-electron chi connectivity index (χ0n) is 12.3. The van der Waals surface area contributed by atoms with Gasteiger partial charge < -0.3 is 15.3 Å². The number of halogens is 1. The van der Waals surface area contributed by atoms with E-state index in [0.717, 1.165) is 22.1 Å². The summed E-state index contributed by atoms with van der Waals surface area (Å²) in [6, 6.07) is 5.28. The topological polar surface area (TPSA) is 69.6 Å². The van der Waals surface area contributed by atoms with E-state index in [4.69, 9.17) is 5.11 Å². The van der Waals surface area contributed by atoms with Crippen LogP contribution in [0.15, 0.2) is 22.7 Å². The molecule has 3 atom stereocenters. The Hall–Kier alpha value is -1.56. The van der Waals surface area contributed by atoms with E-state index < -0.39 is 6.09 Å². The van der Waals surface area contributed by atoms with Crippen LogP contribution >= 0.6 is 15.9 Å².